The average molecular weight is 328 g/mol. The largest absolute Gasteiger partial charge is 0.623 e. The minimum Gasteiger partial charge on any atom is -0.623 e. The van der Waals surface area contributed by atoms with Gasteiger partial charge in [-0.15, -0.1) is 6.58 Å². The number of hydrogen-bond donors (Lipinski definition) is 1. The molecule has 7 nitrogen and oxygen atoms in total. The van der Waals surface area contributed by atoms with Crippen LogP contribution in [0.5, 0.6) is 5.19 Å². The van der Waals surface area contributed by atoms with Crippen LogP contribution in [0, 0.1) is 5.21 Å². The Labute approximate surface area is 135 Å². The highest BCUT2D eigenvalue weighted by atomic mass is 32.1. The summed E-state index contributed by atoms with van der Waals surface area (Å²) in [6.45, 7) is 7.42. The van der Waals surface area contributed by atoms with Gasteiger partial charge in [-0.2, -0.15) is 0 Å². The number of hydroxylamine groups is 2. The number of nitrogens with zero attached hydrogens (tertiary/aromatic N) is 4. The molecule has 1 aromatic heterocycles. The number of hydrogen-bond acceptors (Lipinski definition) is 7. The van der Waals surface area contributed by atoms with Crippen LogP contribution in [0.2, 0.25) is 0 Å². The zero-order chi connectivity index (χ0) is 16.0. The molecular weight excluding hydrogens is 304 g/mol. The van der Waals surface area contributed by atoms with Crippen molar-refractivity contribution < 1.29 is 9.84 Å². The van der Waals surface area contributed by atoms with Gasteiger partial charge >= 0.3 is 5.13 Å². The van der Waals surface area contributed by atoms with E-state index in [1.165, 1.54) is 12.8 Å². The first-order chi connectivity index (χ1) is 10.6. The van der Waals surface area contributed by atoms with Gasteiger partial charge in [0.05, 0.1) is 13.2 Å². The molecule has 1 fully saturated rings. The van der Waals surface area contributed by atoms with E-state index in [0.29, 0.717) is 24.9 Å². The molecule has 0 spiro atoms. The first kappa shape index (κ1) is 17.3. The molecule has 1 N–H and O–H groups in total. The van der Waals surface area contributed by atoms with Gasteiger partial charge in [0.25, 0.3) is 5.19 Å². The summed E-state index contributed by atoms with van der Waals surface area (Å²) in [5.41, 5.74) is 0. The van der Waals surface area contributed by atoms with Crippen LogP contribution in [-0.2, 0) is 0 Å². The van der Waals surface area contributed by atoms with E-state index in [4.69, 9.17) is 4.74 Å². The van der Waals surface area contributed by atoms with Crippen molar-refractivity contribution in [2.45, 2.75) is 38.8 Å². The molecule has 8 heteroatoms. The normalized spacial score (nSPS) is 25.5. The molecule has 0 aromatic carbocycles. The van der Waals surface area contributed by atoms with Crippen LogP contribution < -0.4 is 9.38 Å². The van der Waals surface area contributed by atoms with Gasteiger partial charge in [-0.1, -0.05) is 42.5 Å². The van der Waals surface area contributed by atoms with E-state index in [2.05, 4.69) is 23.7 Å². The van der Waals surface area contributed by atoms with E-state index in [9.17, 15) is 10.3 Å². The molecule has 2 heterocycles. The first-order valence-corrected chi connectivity index (χ1v) is 8.48. The Balaban J connectivity index is 1.91. The second-order valence-electron chi connectivity index (χ2n) is 5.50. The fourth-order valence-corrected chi connectivity index (χ4v) is 3.21. The summed E-state index contributed by atoms with van der Waals surface area (Å²) in [7, 11) is 0. The fourth-order valence-electron chi connectivity index (χ4n) is 2.42. The number of unbranched alkanes of at least 4 members (excludes halogenated alkanes) is 3. The first-order valence-electron chi connectivity index (χ1n) is 7.67. The Morgan fingerprint density at radius 2 is 2.32 bits per heavy atom. The lowest BCUT2D eigenvalue weighted by atomic mass is 10.2. The molecule has 2 rings (SSSR count). The third-order valence-electron chi connectivity index (χ3n) is 3.64. The molecule has 0 bridgehead atoms. The predicted molar refractivity (Wildman–Crippen MR) is 87.4 cm³/mol. The SMILES string of the molecule is C=CCN1CC(O)[N+]([O-])(c2nnc(OCCCCCC)s2)C1. The maximum atomic E-state index is 12.8. The van der Waals surface area contributed by atoms with Crippen molar-refractivity contribution in [1.29, 1.82) is 0 Å². The van der Waals surface area contributed by atoms with E-state index in [-0.39, 0.29) is 11.8 Å². The van der Waals surface area contributed by atoms with Crippen molar-refractivity contribution in [3.8, 4) is 5.19 Å². The van der Waals surface area contributed by atoms with Gasteiger partial charge in [-0.05, 0) is 6.42 Å². The quantitative estimate of drug-likeness (QED) is 0.323. The highest BCUT2D eigenvalue weighted by Crippen LogP contribution is 2.35. The molecule has 1 saturated heterocycles. The van der Waals surface area contributed by atoms with E-state index in [0.717, 1.165) is 24.2 Å². The van der Waals surface area contributed by atoms with Crippen molar-refractivity contribution in [1.82, 2.24) is 19.7 Å². The molecule has 2 atom stereocenters. The minimum atomic E-state index is -1.05. The van der Waals surface area contributed by atoms with Crippen LogP contribution in [0.15, 0.2) is 12.7 Å². The molecule has 0 aliphatic carbocycles. The topological polar surface area (TPSA) is 81.5 Å². The highest BCUT2D eigenvalue weighted by molar-refractivity contribution is 7.16. The molecule has 124 valence electrons. The molecule has 1 aromatic rings. The summed E-state index contributed by atoms with van der Waals surface area (Å²) < 4.78 is 4.65. The van der Waals surface area contributed by atoms with Gasteiger partial charge in [0.15, 0.2) is 0 Å². The van der Waals surface area contributed by atoms with E-state index >= 15 is 0 Å². The summed E-state index contributed by atoms with van der Waals surface area (Å²) >= 11 is 1.12. The Kier molecular flexibility index (Phi) is 6.27. The monoisotopic (exact) mass is 328 g/mol. The van der Waals surface area contributed by atoms with Gasteiger partial charge in [0, 0.05) is 17.9 Å². The molecule has 2 unspecified atom stereocenters. The second-order valence-corrected chi connectivity index (χ2v) is 6.42. The molecule has 0 radical (unpaired) electrons. The average Bonchev–Trinajstić information content (AvgIpc) is 3.06. The van der Waals surface area contributed by atoms with Crippen LogP contribution in [0.4, 0.5) is 5.13 Å². The second kappa shape index (κ2) is 7.98. The summed E-state index contributed by atoms with van der Waals surface area (Å²) in [6.07, 6.45) is 5.13. The van der Waals surface area contributed by atoms with E-state index < -0.39 is 10.9 Å². The van der Waals surface area contributed by atoms with Crippen LogP contribution in [0.3, 0.4) is 0 Å². The van der Waals surface area contributed by atoms with Crippen LogP contribution in [-0.4, -0.2) is 52.8 Å². The van der Waals surface area contributed by atoms with Crippen molar-refractivity contribution in [3.63, 3.8) is 0 Å². The number of aromatic nitrogens is 2. The Hall–Kier alpha value is -1.06. The van der Waals surface area contributed by atoms with Crippen LogP contribution >= 0.6 is 11.3 Å². The lowest BCUT2D eigenvalue weighted by Crippen LogP contribution is -2.48. The Bertz CT molecular complexity index is 484. The Morgan fingerprint density at radius 3 is 3.05 bits per heavy atom. The van der Waals surface area contributed by atoms with Crippen LogP contribution in [0.25, 0.3) is 0 Å². The third-order valence-corrected chi connectivity index (χ3v) is 4.59. The van der Waals surface area contributed by atoms with E-state index in [1.54, 1.807) is 6.08 Å². The van der Waals surface area contributed by atoms with Crippen molar-refractivity contribution in [3.05, 3.63) is 17.9 Å². The summed E-state index contributed by atoms with van der Waals surface area (Å²) in [4.78, 5) is 1.84. The number of β-amino-alcohol motifs (C(OH)–C–C–N with tert-alkyl or cyclic N) is 1. The van der Waals surface area contributed by atoms with Crippen molar-refractivity contribution >= 4 is 16.5 Å². The van der Waals surface area contributed by atoms with Crippen molar-refractivity contribution in [2.24, 2.45) is 0 Å². The molecule has 0 saturated carbocycles. The van der Waals surface area contributed by atoms with Gasteiger partial charge in [0.2, 0.25) is 6.23 Å². The Morgan fingerprint density at radius 1 is 1.50 bits per heavy atom. The molecule has 1 aliphatic rings. The lowest BCUT2D eigenvalue weighted by Gasteiger charge is -2.36. The van der Waals surface area contributed by atoms with Crippen molar-refractivity contribution in [2.75, 3.05) is 26.4 Å². The summed E-state index contributed by atoms with van der Waals surface area (Å²) in [6, 6.07) is 0. The number of rotatable bonds is 9. The summed E-state index contributed by atoms with van der Waals surface area (Å²) in [5, 5.41) is 31.3. The maximum absolute atomic E-state index is 12.8. The van der Waals surface area contributed by atoms with Gasteiger partial charge in [-0.3, -0.25) is 4.65 Å². The standard InChI is InChI=1S/C14H24N4O3S/c1-3-5-6-7-9-21-14-16-15-13(22-14)18(20)11-17(8-4-2)10-12(18)19/h4,12,19H,2-3,5-11H2,1H3. The summed E-state index contributed by atoms with van der Waals surface area (Å²) in [5.74, 6) is 0. The molecular formula is C14H24N4O3S. The zero-order valence-electron chi connectivity index (χ0n) is 13.0. The predicted octanol–water partition coefficient (Wildman–Crippen LogP) is 2.08. The van der Waals surface area contributed by atoms with Gasteiger partial charge < -0.3 is 15.1 Å². The van der Waals surface area contributed by atoms with Gasteiger partial charge in [0.1, 0.15) is 6.67 Å². The highest BCUT2D eigenvalue weighted by Gasteiger charge is 2.42. The third kappa shape index (κ3) is 4.02. The fraction of sp³-hybridized carbons (Fsp3) is 0.714. The number of aliphatic hydroxyl groups excluding tert-OH is 1. The maximum Gasteiger partial charge on any atom is 0.313 e. The number of ether oxygens (including phenoxy) is 1. The molecule has 22 heavy (non-hydrogen) atoms. The van der Waals surface area contributed by atoms with Crippen LogP contribution in [0.1, 0.15) is 32.6 Å². The van der Waals surface area contributed by atoms with E-state index in [1.807, 2.05) is 4.90 Å². The minimum absolute atomic E-state index is 0.151. The number of aliphatic hydroxyl groups is 1. The lowest BCUT2D eigenvalue weighted by molar-refractivity contribution is 0.0843. The molecule has 1 aliphatic heterocycles. The number of quaternary nitrogens is 1. The smallest absolute Gasteiger partial charge is 0.313 e. The zero-order valence-corrected chi connectivity index (χ0v) is 13.8. The molecule has 0 amide bonds. The van der Waals surface area contributed by atoms with Gasteiger partial charge in [-0.25, -0.2) is 4.90 Å².